The van der Waals surface area contributed by atoms with E-state index in [1.807, 2.05) is 0 Å². The highest BCUT2D eigenvalue weighted by molar-refractivity contribution is 5.96. The number of Topliss-reactive ketones (excluding diaryl/α,β-unsaturated/α-hetero) is 1. The Morgan fingerprint density at radius 2 is 2.00 bits per heavy atom. The second kappa shape index (κ2) is 3.91. The van der Waals surface area contributed by atoms with Crippen LogP contribution in [0.3, 0.4) is 0 Å². The number of carbonyl (C=O) groups excluding carboxylic acids is 1. The minimum absolute atomic E-state index is 0.0781. The van der Waals surface area contributed by atoms with Gasteiger partial charge in [-0.2, -0.15) is 0 Å². The summed E-state index contributed by atoms with van der Waals surface area (Å²) in [7, 11) is 1.43. The molecule has 0 saturated heterocycles. The molecule has 0 atom stereocenters. The Morgan fingerprint density at radius 3 is 2.50 bits per heavy atom. The summed E-state index contributed by atoms with van der Waals surface area (Å²) >= 11 is 0. The van der Waals surface area contributed by atoms with Crippen molar-refractivity contribution in [3.63, 3.8) is 0 Å². The molecule has 0 heterocycles. The van der Waals surface area contributed by atoms with Gasteiger partial charge in [-0.05, 0) is 19.1 Å². The molecule has 1 rings (SSSR count). The molecule has 0 radical (unpaired) electrons. The predicted octanol–water partition coefficient (Wildman–Crippen LogP) is 2.00. The number of carboxylic acid groups (broad SMARTS) is 1. The first-order valence-corrected chi connectivity index (χ1v) is 4.10. The standard InChI is InChI=1S/C10H11NO3/c1-7(12)8-4-3-5-9(6-8)11(2)10(13)14/h3-6H,1-2H3,(H,13,14). The molecular weight excluding hydrogens is 182 g/mol. The van der Waals surface area contributed by atoms with Gasteiger partial charge in [0.15, 0.2) is 5.78 Å². The van der Waals surface area contributed by atoms with E-state index in [9.17, 15) is 9.59 Å². The molecule has 1 amide bonds. The Hall–Kier alpha value is -1.84. The van der Waals surface area contributed by atoms with Crippen LogP contribution in [0, 0.1) is 0 Å². The summed E-state index contributed by atoms with van der Waals surface area (Å²) in [6, 6.07) is 6.50. The largest absolute Gasteiger partial charge is 0.465 e. The van der Waals surface area contributed by atoms with E-state index in [1.165, 1.54) is 14.0 Å². The van der Waals surface area contributed by atoms with Crippen LogP contribution in [0.5, 0.6) is 0 Å². The zero-order valence-corrected chi connectivity index (χ0v) is 8.02. The fraction of sp³-hybridized carbons (Fsp3) is 0.200. The van der Waals surface area contributed by atoms with Gasteiger partial charge in [-0.15, -0.1) is 0 Å². The first-order chi connectivity index (χ1) is 6.52. The fourth-order valence-corrected chi connectivity index (χ4v) is 1.04. The van der Waals surface area contributed by atoms with Crippen molar-refractivity contribution in [2.45, 2.75) is 6.92 Å². The van der Waals surface area contributed by atoms with Gasteiger partial charge in [-0.3, -0.25) is 9.69 Å². The van der Waals surface area contributed by atoms with Gasteiger partial charge in [0.05, 0.1) is 0 Å². The molecule has 0 aromatic heterocycles. The number of carbonyl (C=O) groups is 2. The summed E-state index contributed by atoms with van der Waals surface area (Å²) < 4.78 is 0. The predicted molar refractivity (Wildman–Crippen MR) is 52.9 cm³/mol. The molecular formula is C10H11NO3. The minimum atomic E-state index is -1.05. The highest BCUT2D eigenvalue weighted by Gasteiger charge is 2.09. The molecule has 0 aliphatic heterocycles. The van der Waals surface area contributed by atoms with Crippen LogP contribution >= 0.6 is 0 Å². The lowest BCUT2D eigenvalue weighted by Gasteiger charge is -2.13. The number of rotatable bonds is 2. The Kier molecular flexibility index (Phi) is 2.86. The summed E-state index contributed by atoms with van der Waals surface area (Å²) in [6.07, 6.45) is -1.05. The molecule has 0 aliphatic carbocycles. The average molecular weight is 193 g/mol. The van der Waals surface area contributed by atoms with Crippen LogP contribution in [0.2, 0.25) is 0 Å². The molecule has 0 unspecified atom stereocenters. The average Bonchev–Trinajstić information content (AvgIpc) is 2.16. The molecule has 1 N–H and O–H groups in total. The molecule has 0 fully saturated rings. The van der Waals surface area contributed by atoms with Crippen molar-refractivity contribution in [3.8, 4) is 0 Å². The number of anilines is 1. The topological polar surface area (TPSA) is 57.6 Å². The summed E-state index contributed by atoms with van der Waals surface area (Å²) in [6.45, 7) is 1.44. The van der Waals surface area contributed by atoms with Gasteiger partial charge in [0.25, 0.3) is 0 Å². The number of amides is 1. The smallest absolute Gasteiger partial charge is 0.411 e. The highest BCUT2D eigenvalue weighted by Crippen LogP contribution is 2.15. The lowest BCUT2D eigenvalue weighted by Crippen LogP contribution is -2.23. The second-order valence-corrected chi connectivity index (χ2v) is 2.95. The molecule has 0 aliphatic rings. The van der Waals surface area contributed by atoms with E-state index >= 15 is 0 Å². The van der Waals surface area contributed by atoms with Gasteiger partial charge in [0, 0.05) is 18.3 Å². The molecule has 0 saturated carbocycles. The fourth-order valence-electron chi connectivity index (χ4n) is 1.04. The zero-order chi connectivity index (χ0) is 10.7. The van der Waals surface area contributed by atoms with Gasteiger partial charge >= 0.3 is 6.09 Å². The maximum absolute atomic E-state index is 11.0. The lowest BCUT2D eigenvalue weighted by molar-refractivity contribution is 0.101. The van der Waals surface area contributed by atoms with Gasteiger partial charge in [-0.1, -0.05) is 12.1 Å². The summed E-state index contributed by atoms with van der Waals surface area (Å²) in [5.41, 5.74) is 1.00. The van der Waals surface area contributed by atoms with Gasteiger partial charge in [0.1, 0.15) is 0 Å². The van der Waals surface area contributed by atoms with E-state index in [2.05, 4.69) is 0 Å². The Balaban J connectivity index is 3.05. The van der Waals surface area contributed by atoms with Crippen molar-refractivity contribution < 1.29 is 14.7 Å². The first kappa shape index (κ1) is 10.2. The van der Waals surface area contributed by atoms with Crippen molar-refractivity contribution in [1.29, 1.82) is 0 Å². The molecule has 4 heteroatoms. The van der Waals surface area contributed by atoms with Crippen molar-refractivity contribution in [2.24, 2.45) is 0 Å². The third kappa shape index (κ3) is 2.10. The van der Waals surface area contributed by atoms with Crippen LogP contribution in [-0.2, 0) is 0 Å². The van der Waals surface area contributed by atoms with Gasteiger partial charge in [-0.25, -0.2) is 4.79 Å². The number of ketones is 1. The molecule has 14 heavy (non-hydrogen) atoms. The molecule has 1 aromatic rings. The van der Waals surface area contributed by atoms with Crippen molar-refractivity contribution >= 4 is 17.6 Å². The summed E-state index contributed by atoms with van der Waals surface area (Å²) in [4.78, 5) is 22.7. The lowest BCUT2D eigenvalue weighted by atomic mass is 10.1. The molecule has 0 bridgehead atoms. The number of hydrogen-bond donors (Lipinski definition) is 1. The van der Waals surface area contributed by atoms with Crippen molar-refractivity contribution in [2.75, 3.05) is 11.9 Å². The SMILES string of the molecule is CC(=O)c1cccc(N(C)C(=O)O)c1. The first-order valence-electron chi connectivity index (χ1n) is 4.10. The highest BCUT2D eigenvalue weighted by atomic mass is 16.4. The van der Waals surface area contributed by atoms with Crippen LogP contribution in [0.15, 0.2) is 24.3 Å². The Bertz CT molecular complexity index is 373. The third-order valence-corrected chi connectivity index (χ3v) is 1.93. The van der Waals surface area contributed by atoms with E-state index in [0.29, 0.717) is 11.3 Å². The number of nitrogens with zero attached hydrogens (tertiary/aromatic N) is 1. The quantitative estimate of drug-likeness (QED) is 0.731. The molecule has 0 spiro atoms. The summed E-state index contributed by atoms with van der Waals surface area (Å²) in [5, 5.41) is 8.71. The zero-order valence-electron chi connectivity index (χ0n) is 8.02. The van der Waals surface area contributed by atoms with Crippen LogP contribution < -0.4 is 4.90 Å². The van der Waals surface area contributed by atoms with Crippen LogP contribution in [0.25, 0.3) is 0 Å². The number of hydrogen-bond acceptors (Lipinski definition) is 2. The van der Waals surface area contributed by atoms with E-state index in [1.54, 1.807) is 24.3 Å². The maximum Gasteiger partial charge on any atom is 0.411 e. The van der Waals surface area contributed by atoms with E-state index in [4.69, 9.17) is 5.11 Å². The van der Waals surface area contributed by atoms with Gasteiger partial charge in [0.2, 0.25) is 0 Å². The molecule has 74 valence electrons. The minimum Gasteiger partial charge on any atom is -0.465 e. The van der Waals surface area contributed by atoms with E-state index in [-0.39, 0.29) is 5.78 Å². The Morgan fingerprint density at radius 1 is 1.36 bits per heavy atom. The Labute approximate surface area is 81.8 Å². The van der Waals surface area contributed by atoms with Crippen LogP contribution in [-0.4, -0.2) is 24.0 Å². The van der Waals surface area contributed by atoms with Gasteiger partial charge < -0.3 is 5.11 Å². The normalized spacial score (nSPS) is 9.57. The van der Waals surface area contributed by atoms with Crippen LogP contribution in [0.1, 0.15) is 17.3 Å². The molecule has 1 aromatic carbocycles. The monoisotopic (exact) mass is 193 g/mol. The van der Waals surface area contributed by atoms with Crippen molar-refractivity contribution in [3.05, 3.63) is 29.8 Å². The van der Waals surface area contributed by atoms with Crippen LogP contribution in [0.4, 0.5) is 10.5 Å². The third-order valence-electron chi connectivity index (χ3n) is 1.93. The van der Waals surface area contributed by atoms with E-state index in [0.717, 1.165) is 4.90 Å². The van der Waals surface area contributed by atoms with E-state index < -0.39 is 6.09 Å². The molecule has 4 nitrogen and oxygen atoms in total. The second-order valence-electron chi connectivity index (χ2n) is 2.95. The maximum atomic E-state index is 11.0. The van der Waals surface area contributed by atoms with Crippen molar-refractivity contribution in [1.82, 2.24) is 0 Å². The summed E-state index contributed by atoms with van der Waals surface area (Å²) in [5.74, 6) is -0.0781. The number of benzene rings is 1.